The number of hydrogen-bond acceptors (Lipinski definition) is 5. The molecular weight excluding hydrogens is 308 g/mol. The zero-order valence-corrected chi connectivity index (χ0v) is 12.9. The fourth-order valence-corrected chi connectivity index (χ4v) is 7.95. The van der Waals surface area contributed by atoms with Gasteiger partial charge in [-0.05, 0) is 25.6 Å². The maximum absolute atomic E-state index is 11.7. The maximum atomic E-state index is 11.7. The van der Waals surface area contributed by atoms with E-state index in [-0.39, 0.29) is 35.1 Å². The van der Waals surface area contributed by atoms with Crippen molar-refractivity contribution in [1.82, 2.24) is 10.2 Å². The van der Waals surface area contributed by atoms with Gasteiger partial charge in [-0.1, -0.05) is 0 Å². The number of hydrogen-bond donors (Lipinski definition) is 1. The third-order valence-corrected chi connectivity index (χ3v) is 8.16. The molecule has 0 aromatic heterocycles. The smallest absolute Gasteiger partial charge is 0.170 e. The van der Waals surface area contributed by atoms with Crippen LogP contribution in [-0.4, -0.2) is 67.5 Å². The Morgan fingerprint density at radius 3 is 2.53 bits per heavy atom. The molecule has 0 amide bonds. The van der Waals surface area contributed by atoms with Crippen LogP contribution in [0.25, 0.3) is 0 Å². The van der Waals surface area contributed by atoms with E-state index in [0.717, 1.165) is 0 Å². The number of sulfone groups is 2. The standard InChI is InChI=1S/C10H16N2O4S3/c1-10(2-3-18(13,14)6-10)12-8-5-19(15,16)4-7(8)11-9(12)17/h7-8H,2-6H2,1H3,(H,11,17)/t7-,8-,10+/m0/s1. The van der Waals surface area contributed by atoms with Crippen LogP contribution in [0.1, 0.15) is 13.3 Å². The molecule has 1 N–H and O–H groups in total. The summed E-state index contributed by atoms with van der Waals surface area (Å²) in [6, 6.07) is -0.423. The van der Waals surface area contributed by atoms with Crippen LogP contribution in [0.3, 0.4) is 0 Å². The molecule has 0 bridgehead atoms. The second-order valence-corrected chi connectivity index (χ2v) is 10.6. The Kier molecular flexibility index (Phi) is 2.73. The van der Waals surface area contributed by atoms with Crippen LogP contribution in [0.2, 0.25) is 0 Å². The Labute approximate surface area is 118 Å². The lowest BCUT2D eigenvalue weighted by atomic mass is 9.97. The summed E-state index contributed by atoms with van der Waals surface area (Å²) in [6.07, 6.45) is 0.500. The molecule has 0 saturated carbocycles. The number of rotatable bonds is 1. The predicted octanol–water partition coefficient (Wildman–Crippen LogP) is -1.08. The molecule has 0 radical (unpaired) electrons. The van der Waals surface area contributed by atoms with Crippen LogP contribution in [-0.2, 0) is 19.7 Å². The normalized spacial score (nSPS) is 43.2. The maximum Gasteiger partial charge on any atom is 0.170 e. The quantitative estimate of drug-likeness (QED) is 0.614. The topological polar surface area (TPSA) is 83.6 Å². The minimum absolute atomic E-state index is 0.0467. The summed E-state index contributed by atoms with van der Waals surface area (Å²) in [6.45, 7) is 1.86. The molecule has 0 aliphatic carbocycles. The molecule has 108 valence electrons. The average molecular weight is 324 g/mol. The van der Waals surface area contributed by atoms with Crippen molar-refractivity contribution in [2.24, 2.45) is 0 Å². The van der Waals surface area contributed by atoms with Crippen LogP contribution in [0, 0.1) is 0 Å². The minimum atomic E-state index is -3.06. The third-order valence-electron chi connectivity index (χ3n) is 4.25. The molecule has 0 spiro atoms. The van der Waals surface area contributed by atoms with Gasteiger partial charge in [0.05, 0.1) is 40.6 Å². The molecule has 0 aromatic rings. The van der Waals surface area contributed by atoms with Gasteiger partial charge < -0.3 is 10.2 Å². The Hall–Kier alpha value is -0.410. The van der Waals surface area contributed by atoms with Crippen molar-refractivity contribution in [2.45, 2.75) is 31.0 Å². The van der Waals surface area contributed by atoms with E-state index in [1.807, 2.05) is 11.8 Å². The number of fused-ring (bicyclic) bond motifs is 1. The first kappa shape index (κ1) is 13.6. The molecule has 3 heterocycles. The molecule has 3 saturated heterocycles. The highest BCUT2D eigenvalue weighted by atomic mass is 32.2. The van der Waals surface area contributed by atoms with Gasteiger partial charge in [-0.3, -0.25) is 0 Å². The van der Waals surface area contributed by atoms with Crippen molar-refractivity contribution in [3.63, 3.8) is 0 Å². The van der Waals surface area contributed by atoms with E-state index in [0.29, 0.717) is 11.5 Å². The lowest BCUT2D eigenvalue weighted by molar-refractivity contribution is 0.191. The molecular formula is C10H16N2O4S3. The zero-order chi connectivity index (χ0) is 14.1. The second kappa shape index (κ2) is 3.82. The molecule has 6 nitrogen and oxygen atoms in total. The third kappa shape index (κ3) is 2.15. The van der Waals surface area contributed by atoms with E-state index in [9.17, 15) is 16.8 Å². The average Bonchev–Trinajstić information content (AvgIpc) is 2.74. The summed E-state index contributed by atoms with van der Waals surface area (Å²) in [7, 11) is -6.11. The summed E-state index contributed by atoms with van der Waals surface area (Å²) >= 11 is 5.28. The van der Waals surface area contributed by atoms with Gasteiger partial charge in [0.25, 0.3) is 0 Å². The van der Waals surface area contributed by atoms with Crippen molar-refractivity contribution in [1.29, 1.82) is 0 Å². The van der Waals surface area contributed by atoms with E-state index in [4.69, 9.17) is 12.2 Å². The highest BCUT2D eigenvalue weighted by Gasteiger charge is 2.55. The largest absolute Gasteiger partial charge is 0.357 e. The Bertz CT molecular complexity index is 630. The fourth-order valence-electron chi connectivity index (χ4n) is 3.43. The molecule has 0 aromatic carbocycles. The van der Waals surface area contributed by atoms with Gasteiger partial charge >= 0.3 is 0 Å². The molecule has 3 rings (SSSR count). The van der Waals surface area contributed by atoms with Gasteiger partial charge in [0.2, 0.25) is 0 Å². The highest BCUT2D eigenvalue weighted by molar-refractivity contribution is 7.92. The summed E-state index contributed by atoms with van der Waals surface area (Å²) in [4.78, 5) is 1.84. The number of nitrogens with zero attached hydrogens (tertiary/aromatic N) is 1. The Morgan fingerprint density at radius 2 is 1.95 bits per heavy atom. The van der Waals surface area contributed by atoms with Gasteiger partial charge in [-0.15, -0.1) is 0 Å². The van der Waals surface area contributed by atoms with E-state index in [2.05, 4.69) is 5.32 Å². The zero-order valence-electron chi connectivity index (χ0n) is 10.5. The van der Waals surface area contributed by atoms with Crippen LogP contribution >= 0.6 is 12.2 Å². The molecule has 3 fully saturated rings. The van der Waals surface area contributed by atoms with Crippen LogP contribution < -0.4 is 5.32 Å². The lowest BCUT2D eigenvalue weighted by Gasteiger charge is -2.38. The first-order chi connectivity index (χ1) is 8.62. The van der Waals surface area contributed by atoms with Gasteiger partial charge in [-0.2, -0.15) is 0 Å². The number of nitrogens with one attached hydrogen (secondary N) is 1. The highest BCUT2D eigenvalue weighted by Crippen LogP contribution is 2.37. The van der Waals surface area contributed by atoms with Crippen molar-refractivity contribution in [3.05, 3.63) is 0 Å². The van der Waals surface area contributed by atoms with Gasteiger partial charge in [0, 0.05) is 0 Å². The number of thiocarbonyl (C=S) groups is 1. The van der Waals surface area contributed by atoms with E-state index in [1.165, 1.54) is 0 Å². The van der Waals surface area contributed by atoms with Crippen LogP contribution in [0.15, 0.2) is 0 Å². The Morgan fingerprint density at radius 1 is 1.26 bits per heavy atom. The molecule has 19 heavy (non-hydrogen) atoms. The predicted molar refractivity (Wildman–Crippen MR) is 75.5 cm³/mol. The Balaban J connectivity index is 1.95. The molecule has 3 atom stereocenters. The van der Waals surface area contributed by atoms with Crippen LogP contribution in [0.5, 0.6) is 0 Å². The molecule has 0 unspecified atom stereocenters. The lowest BCUT2D eigenvalue weighted by Crippen LogP contribution is -2.53. The van der Waals surface area contributed by atoms with Crippen molar-refractivity contribution in [2.75, 3.05) is 23.0 Å². The van der Waals surface area contributed by atoms with Crippen LogP contribution in [0.4, 0.5) is 0 Å². The SMILES string of the molecule is C[C@@]1(N2C(=S)N[C@H]3CS(=O)(=O)C[C@@H]32)CCS(=O)(=O)C1. The van der Waals surface area contributed by atoms with Gasteiger partial charge in [0.1, 0.15) is 0 Å². The molecule has 9 heteroatoms. The molecule has 3 aliphatic heterocycles. The minimum Gasteiger partial charge on any atom is -0.357 e. The van der Waals surface area contributed by atoms with E-state index in [1.54, 1.807) is 0 Å². The monoisotopic (exact) mass is 324 g/mol. The van der Waals surface area contributed by atoms with Crippen molar-refractivity contribution < 1.29 is 16.8 Å². The van der Waals surface area contributed by atoms with E-state index < -0.39 is 25.2 Å². The first-order valence-electron chi connectivity index (χ1n) is 6.13. The van der Waals surface area contributed by atoms with E-state index >= 15 is 0 Å². The summed E-state index contributed by atoms with van der Waals surface area (Å²) in [5.41, 5.74) is -0.581. The van der Waals surface area contributed by atoms with Crippen molar-refractivity contribution >= 4 is 37.0 Å². The van der Waals surface area contributed by atoms with Crippen molar-refractivity contribution in [3.8, 4) is 0 Å². The van der Waals surface area contributed by atoms with Gasteiger partial charge in [-0.25, -0.2) is 16.8 Å². The fraction of sp³-hybridized carbons (Fsp3) is 0.900. The summed E-state index contributed by atoms with van der Waals surface area (Å²) < 4.78 is 46.9. The second-order valence-electron chi connectivity index (χ2n) is 5.91. The summed E-state index contributed by atoms with van der Waals surface area (Å²) in [5, 5.41) is 3.52. The summed E-state index contributed by atoms with van der Waals surface area (Å²) in [5.74, 6) is 0.329. The van der Waals surface area contributed by atoms with Gasteiger partial charge in [0.15, 0.2) is 24.8 Å². The first-order valence-corrected chi connectivity index (χ1v) is 10.2. The molecule has 3 aliphatic rings.